The number of nitrogens with one attached hydrogen (secondary N) is 1. The van der Waals surface area contributed by atoms with Crippen LogP contribution in [0.4, 0.5) is 18.9 Å². The van der Waals surface area contributed by atoms with Crippen LogP contribution in [-0.2, 0) is 10.0 Å². The SMILES string of the molecule is O=C(O)c1cccc(NS(=O)(=O)c2ccccc2OC(F)(F)F)c1. The van der Waals surface area contributed by atoms with Gasteiger partial charge >= 0.3 is 12.3 Å². The third-order valence-corrected chi connectivity index (χ3v) is 4.15. The Bertz CT molecular complexity index is 865. The third-order valence-electron chi connectivity index (χ3n) is 2.73. The number of rotatable bonds is 5. The Kier molecular flexibility index (Phi) is 4.69. The molecular weight excluding hydrogens is 351 g/mol. The van der Waals surface area contributed by atoms with Crippen molar-refractivity contribution in [2.45, 2.75) is 11.3 Å². The highest BCUT2D eigenvalue weighted by Gasteiger charge is 2.34. The van der Waals surface area contributed by atoms with Gasteiger partial charge in [0.2, 0.25) is 0 Å². The summed E-state index contributed by atoms with van der Waals surface area (Å²) in [4.78, 5) is 10.1. The Morgan fingerprint density at radius 3 is 2.38 bits per heavy atom. The predicted octanol–water partition coefficient (Wildman–Crippen LogP) is 3.08. The number of hydrogen-bond acceptors (Lipinski definition) is 4. The van der Waals surface area contributed by atoms with Crippen molar-refractivity contribution < 1.29 is 36.2 Å². The zero-order chi connectivity index (χ0) is 18.0. The predicted molar refractivity (Wildman–Crippen MR) is 77.3 cm³/mol. The van der Waals surface area contributed by atoms with Gasteiger partial charge in [0.25, 0.3) is 10.0 Å². The van der Waals surface area contributed by atoms with E-state index in [0.717, 1.165) is 18.2 Å². The number of aromatic carboxylic acids is 1. The van der Waals surface area contributed by atoms with Gasteiger partial charge in [0, 0.05) is 5.69 Å². The van der Waals surface area contributed by atoms with Crippen LogP contribution in [0.25, 0.3) is 0 Å². The van der Waals surface area contributed by atoms with Crippen LogP contribution in [0.2, 0.25) is 0 Å². The average Bonchev–Trinajstić information content (AvgIpc) is 2.45. The lowest BCUT2D eigenvalue weighted by Crippen LogP contribution is -2.21. The number of benzene rings is 2. The molecule has 2 rings (SSSR count). The van der Waals surface area contributed by atoms with Crippen molar-refractivity contribution in [1.29, 1.82) is 0 Å². The number of hydrogen-bond donors (Lipinski definition) is 2. The van der Waals surface area contributed by atoms with E-state index < -0.39 is 33.0 Å². The Morgan fingerprint density at radius 1 is 1.08 bits per heavy atom. The monoisotopic (exact) mass is 361 g/mol. The smallest absolute Gasteiger partial charge is 0.478 e. The van der Waals surface area contributed by atoms with Gasteiger partial charge in [-0.05, 0) is 30.3 Å². The standard InChI is InChI=1S/C14H10F3NO5S/c15-14(16,17)23-11-6-1-2-7-12(11)24(21,22)18-10-5-3-4-9(8-10)13(19)20/h1-8,18H,(H,19,20). The largest absolute Gasteiger partial charge is 0.573 e. The summed E-state index contributed by atoms with van der Waals surface area (Å²) in [6, 6.07) is 9.03. The van der Waals surface area contributed by atoms with Crippen LogP contribution in [0, 0.1) is 0 Å². The van der Waals surface area contributed by atoms with Crippen molar-refractivity contribution in [1.82, 2.24) is 0 Å². The maximum atomic E-state index is 12.4. The molecule has 0 spiro atoms. The van der Waals surface area contributed by atoms with Crippen molar-refractivity contribution in [3.8, 4) is 5.75 Å². The molecule has 0 fully saturated rings. The summed E-state index contributed by atoms with van der Waals surface area (Å²) in [5.41, 5.74) is -0.299. The van der Waals surface area contributed by atoms with E-state index in [2.05, 4.69) is 4.74 Å². The summed E-state index contributed by atoms with van der Waals surface area (Å²) < 4.78 is 67.4. The minimum absolute atomic E-state index is 0.114. The second kappa shape index (κ2) is 6.40. The van der Waals surface area contributed by atoms with Crippen molar-refractivity contribution in [3.05, 3.63) is 54.1 Å². The minimum atomic E-state index is -5.06. The van der Waals surface area contributed by atoms with Gasteiger partial charge in [-0.15, -0.1) is 13.2 Å². The van der Waals surface area contributed by atoms with Crippen molar-refractivity contribution in [2.24, 2.45) is 0 Å². The highest BCUT2D eigenvalue weighted by atomic mass is 32.2. The number of sulfonamides is 1. The van der Waals surface area contributed by atoms with E-state index >= 15 is 0 Å². The molecule has 10 heteroatoms. The lowest BCUT2D eigenvalue weighted by Gasteiger charge is -2.14. The molecule has 0 bridgehead atoms. The molecule has 0 amide bonds. The average molecular weight is 361 g/mol. The van der Waals surface area contributed by atoms with Crippen molar-refractivity contribution >= 4 is 21.7 Å². The summed E-state index contributed by atoms with van der Waals surface area (Å²) >= 11 is 0. The highest BCUT2D eigenvalue weighted by molar-refractivity contribution is 7.92. The molecule has 2 aromatic carbocycles. The summed E-state index contributed by atoms with van der Waals surface area (Å²) in [6.07, 6.45) is -5.06. The Hall–Kier alpha value is -2.75. The van der Waals surface area contributed by atoms with Crippen LogP contribution in [0.15, 0.2) is 53.4 Å². The fourth-order valence-corrected chi connectivity index (χ4v) is 2.99. The Morgan fingerprint density at radius 2 is 1.75 bits per heavy atom. The first-order valence-electron chi connectivity index (χ1n) is 6.29. The minimum Gasteiger partial charge on any atom is -0.478 e. The van der Waals surface area contributed by atoms with Gasteiger partial charge < -0.3 is 9.84 Å². The first-order valence-corrected chi connectivity index (χ1v) is 7.78. The molecule has 2 aromatic rings. The Balaban J connectivity index is 2.38. The van der Waals surface area contributed by atoms with Crippen molar-refractivity contribution in [3.63, 3.8) is 0 Å². The van der Waals surface area contributed by atoms with E-state index in [-0.39, 0.29) is 11.3 Å². The van der Waals surface area contributed by atoms with Crippen molar-refractivity contribution in [2.75, 3.05) is 4.72 Å². The molecule has 0 radical (unpaired) electrons. The molecule has 0 aliphatic rings. The van der Waals surface area contributed by atoms with Gasteiger partial charge in [0.1, 0.15) is 10.6 Å². The molecule has 0 heterocycles. The van der Waals surface area contributed by atoms with Gasteiger partial charge in [-0.3, -0.25) is 4.72 Å². The molecule has 0 atom stereocenters. The number of para-hydroxylation sites is 1. The molecule has 6 nitrogen and oxygen atoms in total. The van der Waals surface area contributed by atoms with Crippen LogP contribution < -0.4 is 9.46 Å². The fourth-order valence-electron chi connectivity index (χ4n) is 1.81. The lowest BCUT2D eigenvalue weighted by atomic mass is 10.2. The van der Waals surface area contributed by atoms with Gasteiger partial charge in [-0.25, -0.2) is 13.2 Å². The van der Waals surface area contributed by atoms with Crippen LogP contribution >= 0.6 is 0 Å². The number of carboxylic acid groups (broad SMARTS) is 1. The maximum Gasteiger partial charge on any atom is 0.573 e. The molecule has 128 valence electrons. The zero-order valence-corrected chi connectivity index (χ0v) is 12.6. The van der Waals surface area contributed by atoms with E-state index in [0.29, 0.717) is 0 Å². The first-order chi connectivity index (χ1) is 11.1. The number of carboxylic acids is 1. The lowest BCUT2D eigenvalue weighted by molar-refractivity contribution is -0.275. The van der Waals surface area contributed by atoms with E-state index in [4.69, 9.17) is 5.11 Å². The molecule has 0 unspecified atom stereocenters. The molecule has 0 saturated carbocycles. The van der Waals surface area contributed by atoms with Crippen LogP contribution in [0.3, 0.4) is 0 Å². The summed E-state index contributed by atoms with van der Waals surface area (Å²) in [5.74, 6) is -2.18. The molecule has 0 aliphatic carbocycles. The summed E-state index contributed by atoms with van der Waals surface area (Å²) in [6.45, 7) is 0. The van der Waals surface area contributed by atoms with Crippen LogP contribution in [-0.4, -0.2) is 25.9 Å². The third kappa shape index (κ3) is 4.38. The quantitative estimate of drug-likeness (QED) is 0.854. The van der Waals surface area contributed by atoms with E-state index in [1.54, 1.807) is 0 Å². The number of halogens is 3. The van der Waals surface area contributed by atoms with Crippen LogP contribution in [0.5, 0.6) is 5.75 Å². The zero-order valence-electron chi connectivity index (χ0n) is 11.7. The topological polar surface area (TPSA) is 92.7 Å². The number of anilines is 1. The number of alkyl halides is 3. The number of ether oxygens (including phenoxy) is 1. The normalized spacial score (nSPS) is 11.8. The number of carbonyl (C=O) groups is 1. The Labute approximate surface area is 134 Å². The van der Waals surface area contributed by atoms with Gasteiger partial charge in [-0.1, -0.05) is 18.2 Å². The second-order valence-corrected chi connectivity index (χ2v) is 6.14. The summed E-state index contributed by atoms with van der Waals surface area (Å²) in [5, 5.41) is 8.87. The van der Waals surface area contributed by atoms with Gasteiger partial charge in [0.15, 0.2) is 0 Å². The van der Waals surface area contributed by atoms with Gasteiger partial charge in [0.05, 0.1) is 5.56 Å². The molecule has 0 aromatic heterocycles. The molecule has 2 N–H and O–H groups in total. The molecule has 0 aliphatic heterocycles. The van der Waals surface area contributed by atoms with Crippen LogP contribution in [0.1, 0.15) is 10.4 Å². The maximum absolute atomic E-state index is 12.4. The fraction of sp³-hybridized carbons (Fsp3) is 0.0714. The molecule has 0 saturated heterocycles. The van der Waals surface area contributed by atoms with E-state index in [1.165, 1.54) is 30.3 Å². The molecule has 24 heavy (non-hydrogen) atoms. The second-order valence-electron chi connectivity index (χ2n) is 4.49. The highest BCUT2D eigenvalue weighted by Crippen LogP contribution is 2.30. The van der Waals surface area contributed by atoms with E-state index in [9.17, 15) is 26.4 Å². The summed E-state index contributed by atoms with van der Waals surface area (Å²) in [7, 11) is -4.43. The van der Waals surface area contributed by atoms with E-state index in [1.807, 2.05) is 4.72 Å². The molecular formula is C14H10F3NO5S. The van der Waals surface area contributed by atoms with Gasteiger partial charge in [-0.2, -0.15) is 0 Å². The first kappa shape index (κ1) is 17.6.